The summed E-state index contributed by atoms with van der Waals surface area (Å²) >= 11 is 14.5. The van der Waals surface area contributed by atoms with Crippen molar-refractivity contribution >= 4 is 69.0 Å². The van der Waals surface area contributed by atoms with Crippen molar-refractivity contribution in [1.82, 2.24) is 9.80 Å². The summed E-state index contributed by atoms with van der Waals surface area (Å²) in [6.07, 6.45) is 0.760. The van der Waals surface area contributed by atoms with Crippen molar-refractivity contribution in [2.24, 2.45) is 0 Å². The maximum atomic E-state index is 14.3. The Labute approximate surface area is 235 Å². The van der Waals surface area contributed by atoms with E-state index in [1.165, 1.54) is 0 Å². The molecule has 188 valence electrons. The van der Waals surface area contributed by atoms with Crippen molar-refractivity contribution in [1.29, 1.82) is 0 Å². The van der Waals surface area contributed by atoms with Crippen LogP contribution in [0, 0.1) is 3.57 Å². The smallest absolute Gasteiger partial charge is 0.257 e. The Morgan fingerprint density at radius 3 is 2.33 bits per heavy atom. The molecule has 1 heterocycles. The lowest BCUT2D eigenvalue weighted by atomic mass is 10.0. The maximum absolute atomic E-state index is 14.3. The quantitative estimate of drug-likeness (QED) is 0.261. The van der Waals surface area contributed by atoms with Crippen molar-refractivity contribution in [2.75, 3.05) is 37.8 Å². The predicted octanol–water partition coefficient (Wildman–Crippen LogP) is 5.86. The summed E-state index contributed by atoms with van der Waals surface area (Å²) in [5, 5.41) is 1.07. The second-order valence-electron chi connectivity index (χ2n) is 9.04. The van der Waals surface area contributed by atoms with Gasteiger partial charge in [-0.1, -0.05) is 41.4 Å². The fraction of sp³-hybridized carbons (Fsp3) is 0.259. The third kappa shape index (κ3) is 5.80. The minimum atomic E-state index is -0.853. The van der Waals surface area contributed by atoms with E-state index >= 15 is 0 Å². The number of nitrogens with two attached hydrogens (primary N) is 1. The van der Waals surface area contributed by atoms with Crippen LogP contribution in [0.15, 0.2) is 60.7 Å². The van der Waals surface area contributed by atoms with E-state index in [1.807, 2.05) is 32.3 Å². The molecule has 3 aromatic rings. The molecule has 36 heavy (non-hydrogen) atoms. The van der Waals surface area contributed by atoms with E-state index in [-0.39, 0.29) is 18.4 Å². The first kappa shape index (κ1) is 26.7. The molecule has 0 aromatic heterocycles. The van der Waals surface area contributed by atoms with Crippen molar-refractivity contribution < 1.29 is 9.59 Å². The van der Waals surface area contributed by atoms with Gasteiger partial charge < -0.3 is 20.4 Å². The lowest BCUT2D eigenvalue weighted by molar-refractivity contribution is -0.123. The number of halogens is 3. The molecule has 0 saturated carbocycles. The molecule has 1 atom stereocenters. The Bertz CT molecular complexity index is 1280. The Morgan fingerprint density at radius 1 is 0.972 bits per heavy atom. The molecular weight excluding hydrogens is 610 g/mol. The minimum Gasteiger partial charge on any atom is -0.398 e. The molecule has 0 radical (unpaired) electrons. The van der Waals surface area contributed by atoms with Crippen molar-refractivity contribution in [3.63, 3.8) is 0 Å². The highest BCUT2D eigenvalue weighted by molar-refractivity contribution is 14.1. The zero-order valence-electron chi connectivity index (χ0n) is 20.0. The molecule has 1 aliphatic heterocycles. The van der Waals surface area contributed by atoms with Gasteiger partial charge in [0.1, 0.15) is 6.04 Å². The van der Waals surface area contributed by atoms with E-state index in [2.05, 4.69) is 27.5 Å². The summed E-state index contributed by atoms with van der Waals surface area (Å²) in [6.45, 7) is 1.45. The van der Waals surface area contributed by atoms with Crippen LogP contribution >= 0.6 is 45.8 Å². The van der Waals surface area contributed by atoms with Gasteiger partial charge in [0, 0.05) is 32.4 Å². The highest BCUT2D eigenvalue weighted by Gasteiger charge is 2.40. The van der Waals surface area contributed by atoms with Crippen LogP contribution in [0.3, 0.4) is 0 Å². The van der Waals surface area contributed by atoms with Crippen LogP contribution in [0.2, 0.25) is 10.0 Å². The molecule has 0 spiro atoms. The van der Waals surface area contributed by atoms with E-state index in [0.29, 0.717) is 44.7 Å². The summed E-state index contributed by atoms with van der Waals surface area (Å²) in [6, 6.07) is 17.0. The fourth-order valence-corrected chi connectivity index (χ4v) is 5.18. The summed E-state index contributed by atoms with van der Waals surface area (Å²) in [5.41, 5.74) is 9.24. The first-order chi connectivity index (χ1) is 17.2. The van der Waals surface area contributed by atoms with Crippen LogP contribution in [0.4, 0.5) is 11.4 Å². The number of rotatable bonds is 7. The maximum Gasteiger partial charge on any atom is 0.257 e. The second-order valence-corrected chi connectivity index (χ2v) is 11.2. The fourth-order valence-electron chi connectivity index (χ4n) is 4.39. The zero-order valence-corrected chi connectivity index (χ0v) is 23.7. The molecule has 3 aromatic carbocycles. The lowest BCUT2D eigenvalue weighted by Crippen LogP contribution is -2.43. The van der Waals surface area contributed by atoms with Crippen molar-refractivity contribution in [3.8, 4) is 0 Å². The summed E-state index contributed by atoms with van der Waals surface area (Å²) in [4.78, 5) is 33.8. The Morgan fingerprint density at radius 2 is 1.67 bits per heavy atom. The van der Waals surface area contributed by atoms with Gasteiger partial charge in [-0.25, -0.2) is 0 Å². The van der Waals surface area contributed by atoms with Crippen LogP contribution in [-0.2, 0) is 11.3 Å². The number of benzene rings is 3. The van der Waals surface area contributed by atoms with E-state index in [9.17, 15) is 9.59 Å². The molecule has 0 saturated heterocycles. The summed E-state index contributed by atoms with van der Waals surface area (Å²) < 4.78 is 0.913. The van der Waals surface area contributed by atoms with Crippen LogP contribution < -0.4 is 10.6 Å². The zero-order chi connectivity index (χ0) is 26.0. The average molecular weight is 637 g/mol. The van der Waals surface area contributed by atoms with Gasteiger partial charge in [-0.05, 0) is 103 Å². The number of amides is 2. The van der Waals surface area contributed by atoms with Gasteiger partial charge in [-0.3, -0.25) is 9.59 Å². The van der Waals surface area contributed by atoms with Crippen LogP contribution in [0.5, 0.6) is 0 Å². The van der Waals surface area contributed by atoms with Crippen LogP contribution in [0.1, 0.15) is 33.9 Å². The van der Waals surface area contributed by atoms with E-state index in [4.69, 9.17) is 28.9 Å². The first-order valence-corrected chi connectivity index (χ1v) is 13.3. The normalized spacial score (nSPS) is 15.9. The number of fused-ring (bicyclic) bond motifs is 1. The van der Waals surface area contributed by atoms with Crippen LogP contribution in [-0.4, -0.2) is 48.8 Å². The van der Waals surface area contributed by atoms with Gasteiger partial charge in [0.05, 0.1) is 11.3 Å². The molecule has 2 amide bonds. The molecule has 0 bridgehead atoms. The molecule has 0 aliphatic carbocycles. The molecule has 4 rings (SSSR count). The Kier molecular flexibility index (Phi) is 8.44. The van der Waals surface area contributed by atoms with Gasteiger partial charge in [-0.2, -0.15) is 0 Å². The lowest BCUT2D eigenvalue weighted by Gasteiger charge is -2.32. The van der Waals surface area contributed by atoms with Gasteiger partial charge in [0.15, 0.2) is 0 Å². The standard InChI is InChI=1S/C27H27Cl2IN4O2/c1-32(2)12-3-13-33-24-11-10-21(30)15-22(24)26(35)34(16-18-6-9-20(29)14-23(18)31)25(27(33)36)17-4-7-19(28)8-5-17/h4-11,14-15,25H,3,12-13,16,31H2,1-2H3. The third-order valence-corrected chi connectivity index (χ3v) is 7.33. The van der Waals surface area contributed by atoms with E-state index in [1.54, 1.807) is 52.3 Å². The van der Waals surface area contributed by atoms with Gasteiger partial charge >= 0.3 is 0 Å². The molecule has 1 aliphatic rings. The van der Waals surface area contributed by atoms with Gasteiger partial charge in [-0.15, -0.1) is 0 Å². The van der Waals surface area contributed by atoms with Crippen LogP contribution in [0.25, 0.3) is 0 Å². The van der Waals surface area contributed by atoms with E-state index in [0.717, 1.165) is 16.5 Å². The Hall–Kier alpha value is -2.33. The average Bonchev–Trinajstić information content (AvgIpc) is 2.90. The third-order valence-electron chi connectivity index (χ3n) is 6.17. The van der Waals surface area contributed by atoms with E-state index < -0.39 is 6.04 Å². The van der Waals surface area contributed by atoms with Gasteiger partial charge in [0.25, 0.3) is 11.8 Å². The minimum absolute atomic E-state index is 0.150. The van der Waals surface area contributed by atoms with Gasteiger partial charge in [0.2, 0.25) is 0 Å². The number of nitrogens with zero attached hydrogens (tertiary/aromatic N) is 3. The predicted molar refractivity (Wildman–Crippen MR) is 155 cm³/mol. The highest BCUT2D eigenvalue weighted by atomic mass is 127. The number of carbonyl (C=O) groups excluding carboxylic acids is 2. The summed E-state index contributed by atoms with van der Waals surface area (Å²) in [5.74, 6) is -0.404. The number of nitrogen functional groups attached to an aromatic ring is 1. The topological polar surface area (TPSA) is 69.9 Å². The number of anilines is 2. The molecule has 2 N–H and O–H groups in total. The molecule has 1 unspecified atom stereocenters. The largest absolute Gasteiger partial charge is 0.398 e. The SMILES string of the molecule is CN(C)CCCN1C(=O)C(c2ccc(Cl)cc2)N(Cc2ccc(Cl)cc2N)C(=O)c2cc(I)ccc21. The van der Waals surface area contributed by atoms with Crippen molar-refractivity contribution in [3.05, 3.63) is 91.0 Å². The summed E-state index contributed by atoms with van der Waals surface area (Å²) in [7, 11) is 4.00. The highest BCUT2D eigenvalue weighted by Crippen LogP contribution is 2.37. The molecule has 0 fully saturated rings. The number of hydrogen-bond acceptors (Lipinski definition) is 4. The monoisotopic (exact) mass is 636 g/mol. The van der Waals surface area contributed by atoms with Crippen molar-refractivity contribution in [2.45, 2.75) is 19.0 Å². The molecular formula is C27H27Cl2IN4O2. The molecule has 6 nitrogen and oxygen atoms in total. The molecule has 9 heteroatoms. The first-order valence-electron chi connectivity index (χ1n) is 11.5. The second kappa shape index (κ2) is 11.4. The number of carbonyl (C=O) groups is 2. The number of hydrogen-bond donors (Lipinski definition) is 1. The Balaban J connectivity index is 1.86.